The SMILES string of the molecule is C1=Cc2ccc3ccc4cccc(C=Cc5ccc(N(c6ccccc6)c6cccc(-c7ccc(-c8ccccc8)cc7)c6)cc5)c4c3c2CC1. The predicted molar refractivity (Wildman–Crippen MR) is 220 cm³/mol. The standard InChI is InChI=1S/C50H37N/c1-3-11-37(12-4-1)38-25-27-39(28-26-38)44-16-10-19-47(35-44)51(45-17-5-2-6-18-45)46-33-22-36(23-34-46)21-24-41-14-9-15-42-31-32-43-30-29-40-13-7-8-20-48(40)50(43)49(41)42/h1-7,9-19,21-35H,8,20H2. The van der Waals surface area contributed by atoms with Crippen LogP contribution in [0.1, 0.15) is 28.7 Å². The van der Waals surface area contributed by atoms with Gasteiger partial charge in [-0.25, -0.2) is 0 Å². The Morgan fingerprint density at radius 1 is 0.431 bits per heavy atom. The second-order valence-electron chi connectivity index (χ2n) is 13.3. The van der Waals surface area contributed by atoms with Crippen LogP contribution in [0, 0.1) is 0 Å². The molecule has 0 heterocycles. The van der Waals surface area contributed by atoms with E-state index in [-0.39, 0.29) is 0 Å². The maximum absolute atomic E-state index is 2.34. The number of aryl methyl sites for hydroxylation is 1. The number of hydrogen-bond acceptors (Lipinski definition) is 1. The van der Waals surface area contributed by atoms with Gasteiger partial charge in [-0.2, -0.15) is 0 Å². The third kappa shape index (κ3) is 6.05. The predicted octanol–water partition coefficient (Wildman–Crippen LogP) is 13.9. The molecule has 0 aromatic heterocycles. The van der Waals surface area contributed by atoms with Crippen LogP contribution in [0.2, 0.25) is 0 Å². The number of hydrogen-bond donors (Lipinski definition) is 0. The first-order valence-electron chi connectivity index (χ1n) is 17.8. The molecule has 242 valence electrons. The molecule has 1 aliphatic rings. The topological polar surface area (TPSA) is 3.24 Å². The van der Waals surface area contributed by atoms with Crippen LogP contribution in [0.15, 0.2) is 182 Å². The van der Waals surface area contributed by atoms with Crippen molar-refractivity contribution in [3.63, 3.8) is 0 Å². The first kappa shape index (κ1) is 30.6. The van der Waals surface area contributed by atoms with Crippen molar-refractivity contribution in [3.05, 3.63) is 204 Å². The quantitative estimate of drug-likeness (QED) is 0.122. The maximum Gasteiger partial charge on any atom is 0.0467 e. The summed E-state index contributed by atoms with van der Waals surface area (Å²) in [4.78, 5) is 2.34. The van der Waals surface area contributed by atoms with E-state index in [1.54, 1.807) is 0 Å². The van der Waals surface area contributed by atoms with Crippen molar-refractivity contribution in [1.29, 1.82) is 0 Å². The van der Waals surface area contributed by atoms with E-state index in [1.165, 1.54) is 66.1 Å². The number of rotatable bonds is 7. The molecular formula is C50H37N. The molecule has 51 heavy (non-hydrogen) atoms. The molecule has 0 amide bonds. The van der Waals surface area contributed by atoms with Crippen LogP contribution in [0.25, 0.3) is 62.0 Å². The highest BCUT2D eigenvalue weighted by Crippen LogP contribution is 2.38. The normalized spacial score (nSPS) is 12.4. The van der Waals surface area contributed by atoms with Gasteiger partial charge in [-0.05, 0) is 115 Å². The molecule has 9 rings (SSSR count). The molecule has 0 fully saturated rings. The van der Waals surface area contributed by atoms with Gasteiger partial charge in [-0.3, -0.25) is 0 Å². The minimum absolute atomic E-state index is 1.09. The molecule has 0 saturated carbocycles. The summed E-state index contributed by atoms with van der Waals surface area (Å²) in [5.41, 5.74) is 13.4. The van der Waals surface area contributed by atoms with Crippen LogP contribution < -0.4 is 4.90 Å². The van der Waals surface area contributed by atoms with Gasteiger partial charge in [0.1, 0.15) is 0 Å². The number of benzene rings is 8. The second-order valence-corrected chi connectivity index (χ2v) is 13.3. The first-order chi connectivity index (χ1) is 25.3. The van der Waals surface area contributed by atoms with Crippen molar-refractivity contribution in [2.45, 2.75) is 12.8 Å². The van der Waals surface area contributed by atoms with Crippen LogP contribution in [0.4, 0.5) is 17.1 Å². The van der Waals surface area contributed by atoms with Gasteiger partial charge in [0.25, 0.3) is 0 Å². The molecule has 0 bridgehead atoms. The monoisotopic (exact) mass is 651 g/mol. The van der Waals surface area contributed by atoms with Gasteiger partial charge in [-0.15, -0.1) is 0 Å². The van der Waals surface area contributed by atoms with E-state index in [4.69, 9.17) is 0 Å². The Kier molecular flexibility index (Phi) is 8.08. The van der Waals surface area contributed by atoms with E-state index in [2.05, 4.69) is 205 Å². The molecule has 8 aromatic rings. The summed E-state index contributed by atoms with van der Waals surface area (Å²) in [5, 5.41) is 5.35. The lowest BCUT2D eigenvalue weighted by atomic mass is 9.87. The fraction of sp³-hybridized carbons (Fsp3) is 0.0400. The number of para-hydroxylation sites is 1. The van der Waals surface area contributed by atoms with Gasteiger partial charge in [0.2, 0.25) is 0 Å². The summed E-state index contributed by atoms with van der Waals surface area (Å²) < 4.78 is 0. The Balaban J connectivity index is 1.05. The number of fused-ring (bicyclic) bond motifs is 5. The van der Waals surface area contributed by atoms with Crippen LogP contribution >= 0.6 is 0 Å². The molecule has 1 nitrogen and oxygen atoms in total. The summed E-state index contributed by atoms with van der Waals surface area (Å²) in [6.07, 6.45) is 11.3. The zero-order chi connectivity index (χ0) is 34.0. The lowest BCUT2D eigenvalue weighted by Gasteiger charge is -2.26. The van der Waals surface area contributed by atoms with Gasteiger partial charge in [0, 0.05) is 17.1 Å². The van der Waals surface area contributed by atoms with E-state index in [0.29, 0.717) is 0 Å². The third-order valence-electron chi connectivity index (χ3n) is 10.1. The summed E-state index contributed by atoms with van der Waals surface area (Å²) in [6, 6.07) is 63.6. The number of nitrogens with zero attached hydrogens (tertiary/aromatic N) is 1. The lowest BCUT2D eigenvalue weighted by molar-refractivity contribution is 0.998. The van der Waals surface area contributed by atoms with Gasteiger partial charge in [-0.1, -0.05) is 164 Å². The average molecular weight is 652 g/mol. The van der Waals surface area contributed by atoms with E-state index in [9.17, 15) is 0 Å². The summed E-state index contributed by atoms with van der Waals surface area (Å²) in [7, 11) is 0. The minimum Gasteiger partial charge on any atom is -0.310 e. The van der Waals surface area contributed by atoms with Crippen LogP contribution in [0.5, 0.6) is 0 Å². The van der Waals surface area contributed by atoms with E-state index >= 15 is 0 Å². The smallest absolute Gasteiger partial charge is 0.0467 e. The number of allylic oxidation sites excluding steroid dienone is 1. The van der Waals surface area contributed by atoms with Crippen molar-refractivity contribution in [1.82, 2.24) is 0 Å². The van der Waals surface area contributed by atoms with E-state index < -0.39 is 0 Å². The van der Waals surface area contributed by atoms with Crippen LogP contribution in [0.3, 0.4) is 0 Å². The van der Waals surface area contributed by atoms with Crippen molar-refractivity contribution < 1.29 is 0 Å². The fourth-order valence-electron chi connectivity index (χ4n) is 7.57. The largest absolute Gasteiger partial charge is 0.310 e. The Morgan fingerprint density at radius 3 is 1.82 bits per heavy atom. The zero-order valence-corrected chi connectivity index (χ0v) is 28.4. The summed E-state index contributed by atoms with van der Waals surface area (Å²) in [6.45, 7) is 0. The highest BCUT2D eigenvalue weighted by molar-refractivity contribution is 6.14. The van der Waals surface area contributed by atoms with Crippen molar-refractivity contribution in [2.75, 3.05) is 4.90 Å². The molecule has 0 N–H and O–H groups in total. The second kappa shape index (κ2) is 13.5. The molecule has 8 aromatic carbocycles. The lowest BCUT2D eigenvalue weighted by Crippen LogP contribution is -2.09. The third-order valence-corrected chi connectivity index (χ3v) is 10.1. The Morgan fingerprint density at radius 2 is 1.04 bits per heavy atom. The van der Waals surface area contributed by atoms with Crippen molar-refractivity contribution in [2.24, 2.45) is 0 Å². The van der Waals surface area contributed by atoms with Crippen LogP contribution in [-0.4, -0.2) is 0 Å². The maximum atomic E-state index is 2.34. The number of anilines is 3. The Bertz CT molecular complexity index is 2540. The van der Waals surface area contributed by atoms with Gasteiger partial charge >= 0.3 is 0 Å². The van der Waals surface area contributed by atoms with E-state index in [0.717, 1.165) is 29.9 Å². The average Bonchev–Trinajstić information content (AvgIpc) is 3.21. The van der Waals surface area contributed by atoms with Crippen molar-refractivity contribution >= 4 is 56.8 Å². The molecule has 1 heteroatoms. The minimum atomic E-state index is 1.09. The van der Waals surface area contributed by atoms with E-state index in [1.807, 2.05) is 0 Å². The van der Waals surface area contributed by atoms with Gasteiger partial charge in [0.15, 0.2) is 0 Å². The molecular weight excluding hydrogens is 615 g/mol. The summed E-state index contributed by atoms with van der Waals surface area (Å²) >= 11 is 0. The summed E-state index contributed by atoms with van der Waals surface area (Å²) in [5.74, 6) is 0. The Hall–Kier alpha value is -6.44. The van der Waals surface area contributed by atoms with Crippen molar-refractivity contribution in [3.8, 4) is 22.3 Å². The molecule has 0 saturated heterocycles. The molecule has 0 atom stereocenters. The first-order valence-corrected chi connectivity index (χ1v) is 17.8. The highest BCUT2D eigenvalue weighted by atomic mass is 15.1. The fourth-order valence-corrected chi connectivity index (χ4v) is 7.57. The molecule has 0 unspecified atom stereocenters. The van der Waals surface area contributed by atoms with Gasteiger partial charge in [0.05, 0.1) is 0 Å². The molecule has 0 radical (unpaired) electrons. The zero-order valence-electron chi connectivity index (χ0n) is 28.4. The molecule has 0 spiro atoms. The van der Waals surface area contributed by atoms with Crippen LogP contribution in [-0.2, 0) is 6.42 Å². The molecule has 0 aliphatic heterocycles. The highest BCUT2D eigenvalue weighted by Gasteiger charge is 2.15. The van der Waals surface area contributed by atoms with Gasteiger partial charge < -0.3 is 4.90 Å². The molecule has 1 aliphatic carbocycles. The Labute approximate surface area is 300 Å².